The standard InChI is InChI=1S/C14H11FN2O2S/c1-7-3-9-12(10(15)4-7)17(14(19)13(9)18)5-11-16-8(2)6-20-11/h3-4,6H,5H2,1-2H3. The minimum Gasteiger partial charge on any atom is -0.295 e. The smallest absolute Gasteiger partial charge is 0.295 e. The van der Waals surface area contributed by atoms with Crippen molar-refractivity contribution in [1.82, 2.24) is 4.98 Å². The number of nitrogens with zero attached hydrogens (tertiary/aromatic N) is 2. The summed E-state index contributed by atoms with van der Waals surface area (Å²) < 4.78 is 14.1. The highest BCUT2D eigenvalue weighted by Crippen LogP contribution is 2.34. The highest BCUT2D eigenvalue weighted by molar-refractivity contribution is 7.09. The summed E-state index contributed by atoms with van der Waals surface area (Å²) in [6, 6.07) is 2.87. The summed E-state index contributed by atoms with van der Waals surface area (Å²) in [4.78, 5) is 29.4. The fraction of sp³-hybridized carbons (Fsp3) is 0.214. The van der Waals surface area contributed by atoms with Gasteiger partial charge < -0.3 is 0 Å². The Morgan fingerprint density at radius 2 is 2.05 bits per heavy atom. The lowest BCUT2D eigenvalue weighted by molar-refractivity contribution is -0.114. The van der Waals surface area contributed by atoms with E-state index >= 15 is 0 Å². The van der Waals surface area contributed by atoms with Crippen LogP contribution in [0.25, 0.3) is 0 Å². The van der Waals surface area contributed by atoms with Crippen LogP contribution in [0, 0.1) is 19.7 Å². The monoisotopic (exact) mass is 290 g/mol. The average molecular weight is 290 g/mol. The zero-order valence-corrected chi connectivity index (χ0v) is 11.8. The van der Waals surface area contributed by atoms with E-state index in [0.29, 0.717) is 10.6 Å². The summed E-state index contributed by atoms with van der Waals surface area (Å²) in [5.41, 5.74) is 1.67. The number of carbonyl (C=O) groups is 2. The third-order valence-electron chi connectivity index (χ3n) is 3.12. The number of hydrogen-bond donors (Lipinski definition) is 0. The van der Waals surface area contributed by atoms with Gasteiger partial charge in [0, 0.05) is 11.1 Å². The lowest BCUT2D eigenvalue weighted by atomic mass is 10.1. The zero-order valence-electron chi connectivity index (χ0n) is 10.9. The first-order valence-corrected chi connectivity index (χ1v) is 6.92. The van der Waals surface area contributed by atoms with Crippen LogP contribution in [-0.2, 0) is 11.3 Å². The molecule has 0 spiro atoms. The second kappa shape index (κ2) is 4.49. The van der Waals surface area contributed by atoms with Crippen LogP contribution >= 0.6 is 11.3 Å². The van der Waals surface area contributed by atoms with Crippen molar-refractivity contribution in [2.45, 2.75) is 20.4 Å². The first kappa shape index (κ1) is 12.9. The van der Waals surface area contributed by atoms with Gasteiger partial charge in [0.2, 0.25) is 0 Å². The summed E-state index contributed by atoms with van der Waals surface area (Å²) in [5, 5.41) is 2.53. The Kier molecular flexibility index (Phi) is 2.90. The van der Waals surface area contributed by atoms with Gasteiger partial charge in [0.1, 0.15) is 10.8 Å². The molecule has 1 aromatic heterocycles. The van der Waals surface area contributed by atoms with Crippen molar-refractivity contribution in [1.29, 1.82) is 0 Å². The molecule has 0 unspecified atom stereocenters. The van der Waals surface area contributed by atoms with Crippen molar-refractivity contribution in [3.63, 3.8) is 0 Å². The van der Waals surface area contributed by atoms with E-state index in [0.717, 1.165) is 5.69 Å². The van der Waals surface area contributed by atoms with Crippen molar-refractivity contribution in [3.05, 3.63) is 45.2 Å². The van der Waals surface area contributed by atoms with E-state index in [1.807, 2.05) is 12.3 Å². The van der Waals surface area contributed by atoms with E-state index in [9.17, 15) is 14.0 Å². The van der Waals surface area contributed by atoms with Crippen molar-refractivity contribution in [2.24, 2.45) is 0 Å². The van der Waals surface area contributed by atoms with Crippen molar-refractivity contribution in [3.8, 4) is 0 Å². The highest BCUT2D eigenvalue weighted by atomic mass is 32.1. The SMILES string of the molecule is Cc1cc(F)c2c(c1)C(=O)C(=O)N2Cc1nc(C)cs1. The predicted octanol–water partition coefficient (Wildman–Crippen LogP) is 2.63. The van der Waals surface area contributed by atoms with Crippen molar-refractivity contribution < 1.29 is 14.0 Å². The molecule has 6 heteroatoms. The van der Waals surface area contributed by atoms with Crippen LogP contribution in [0.4, 0.5) is 10.1 Å². The van der Waals surface area contributed by atoms with Gasteiger partial charge in [0.25, 0.3) is 11.7 Å². The first-order valence-electron chi connectivity index (χ1n) is 6.04. The van der Waals surface area contributed by atoms with Gasteiger partial charge >= 0.3 is 0 Å². The molecule has 1 aromatic carbocycles. The molecule has 0 atom stereocenters. The van der Waals surface area contributed by atoms with E-state index < -0.39 is 17.5 Å². The topological polar surface area (TPSA) is 50.3 Å². The van der Waals surface area contributed by atoms with Crippen LogP contribution in [0.1, 0.15) is 26.6 Å². The van der Waals surface area contributed by atoms with Gasteiger partial charge in [-0.15, -0.1) is 11.3 Å². The maximum Gasteiger partial charge on any atom is 0.299 e. The predicted molar refractivity (Wildman–Crippen MR) is 73.5 cm³/mol. The second-order valence-corrected chi connectivity index (χ2v) is 5.69. The van der Waals surface area contributed by atoms with E-state index in [1.54, 1.807) is 13.0 Å². The number of halogens is 1. The molecule has 3 rings (SSSR count). The summed E-state index contributed by atoms with van der Waals surface area (Å²) in [5.74, 6) is -1.90. The Morgan fingerprint density at radius 3 is 2.70 bits per heavy atom. The van der Waals surface area contributed by atoms with E-state index in [-0.39, 0.29) is 17.8 Å². The van der Waals surface area contributed by atoms with Gasteiger partial charge in [-0.3, -0.25) is 14.5 Å². The number of benzene rings is 1. The number of thiazole rings is 1. The van der Waals surface area contributed by atoms with Gasteiger partial charge in [-0.05, 0) is 31.5 Å². The Hall–Kier alpha value is -2.08. The third-order valence-corrected chi connectivity index (χ3v) is 4.07. The fourth-order valence-electron chi connectivity index (χ4n) is 2.28. The highest BCUT2D eigenvalue weighted by Gasteiger charge is 2.38. The lowest BCUT2D eigenvalue weighted by Crippen LogP contribution is -2.29. The van der Waals surface area contributed by atoms with Gasteiger partial charge in [-0.25, -0.2) is 9.37 Å². The number of aryl methyl sites for hydroxylation is 2. The number of amides is 1. The van der Waals surface area contributed by atoms with Crippen LogP contribution in [0.15, 0.2) is 17.5 Å². The maximum absolute atomic E-state index is 14.1. The van der Waals surface area contributed by atoms with Gasteiger partial charge in [0.05, 0.1) is 17.8 Å². The maximum atomic E-state index is 14.1. The van der Waals surface area contributed by atoms with Crippen molar-refractivity contribution >= 4 is 28.7 Å². The molecule has 2 heterocycles. The van der Waals surface area contributed by atoms with Gasteiger partial charge in [0.15, 0.2) is 0 Å². The molecule has 4 nitrogen and oxygen atoms in total. The zero-order chi connectivity index (χ0) is 14.4. The first-order chi connectivity index (χ1) is 9.47. The largest absolute Gasteiger partial charge is 0.299 e. The molecule has 0 N–H and O–H groups in total. The average Bonchev–Trinajstić information content (AvgIpc) is 2.88. The van der Waals surface area contributed by atoms with E-state index in [2.05, 4.69) is 4.98 Å². The number of carbonyl (C=O) groups excluding carboxylic acids is 2. The molecule has 1 amide bonds. The Balaban J connectivity index is 2.06. The third kappa shape index (κ3) is 1.92. The Labute approximate surface area is 118 Å². The Morgan fingerprint density at radius 1 is 1.30 bits per heavy atom. The number of hydrogen-bond acceptors (Lipinski definition) is 4. The molecule has 0 aliphatic carbocycles. The molecule has 102 valence electrons. The van der Waals surface area contributed by atoms with E-state index in [1.165, 1.54) is 22.3 Å². The number of fused-ring (bicyclic) bond motifs is 1. The van der Waals surface area contributed by atoms with Crippen LogP contribution < -0.4 is 4.90 Å². The van der Waals surface area contributed by atoms with Crippen LogP contribution in [0.5, 0.6) is 0 Å². The molecule has 0 fully saturated rings. The second-order valence-electron chi connectivity index (χ2n) is 4.75. The number of Topliss-reactive ketones (excluding diaryl/α,β-unsaturated/α-hetero) is 1. The molecule has 0 saturated carbocycles. The van der Waals surface area contributed by atoms with Gasteiger partial charge in [-0.1, -0.05) is 0 Å². The minimum absolute atomic E-state index is 0.0680. The number of anilines is 1. The molecular formula is C14H11FN2O2S. The van der Waals surface area contributed by atoms with E-state index in [4.69, 9.17) is 0 Å². The lowest BCUT2D eigenvalue weighted by Gasteiger charge is -2.15. The van der Waals surface area contributed by atoms with Crippen LogP contribution in [0.3, 0.4) is 0 Å². The molecule has 0 saturated heterocycles. The Bertz CT molecular complexity index is 739. The van der Waals surface area contributed by atoms with Crippen LogP contribution in [-0.4, -0.2) is 16.7 Å². The summed E-state index contributed by atoms with van der Waals surface area (Å²) >= 11 is 1.38. The minimum atomic E-state index is -0.697. The fourth-order valence-corrected chi connectivity index (χ4v) is 3.04. The quantitative estimate of drug-likeness (QED) is 0.799. The molecule has 20 heavy (non-hydrogen) atoms. The number of aromatic nitrogens is 1. The summed E-state index contributed by atoms with van der Waals surface area (Å²) in [6.07, 6.45) is 0. The molecule has 1 aliphatic heterocycles. The van der Waals surface area contributed by atoms with Crippen LogP contribution in [0.2, 0.25) is 0 Å². The molecular weight excluding hydrogens is 279 g/mol. The molecule has 1 aliphatic rings. The van der Waals surface area contributed by atoms with Crippen molar-refractivity contribution in [2.75, 3.05) is 4.90 Å². The number of ketones is 1. The summed E-state index contributed by atoms with van der Waals surface area (Å²) in [7, 11) is 0. The number of rotatable bonds is 2. The summed E-state index contributed by atoms with van der Waals surface area (Å²) in [6.45, 7) is 3.65. The normalized spacial score (nSPS) is 14.1. The molecule has 2 aromatic rings. The van der Waals surface area contributed by atoms with Gasteiger partial charge in [-0.2, -0.15) is 0 Å². The molecule has 0 bridgehead atoms. The molecule has 0 radical (unpaired) electrons.